The Morgan fingerprint density at radius 3 is 2.05 bits per heavy atom. The SMILES string of the molecule is CC(C)(C)OC(=O)COc1ccc(Sc2ccc(CCN(C[C@H](O)c3cccc(Cl)c3)C(=O)OC(C)(C)C)cc2)cc1. The van der Waals surface area contributed by atoms with Crippen LogP contribution in [-0.4, -0.2) is 53.0 Å². The minimum absolute atomic E-state index is 0.0840. The summed E-state index contributed by atoms with van der Waals surface area (Å²) < 4.78 is 16.4. The third kappa shape index (κ3) is 12.0. The summed E-state index contributed by atoms with van der Waals surface area (Å²) in [6.07, 6.45) is -0.783. The fourth-order valence-corrected chi connectivity index (χ4v) is 4.87. The molecule has 0 aromatic heterocycles. The monoisotopic (exact) mass is 613 g/mol. The summed E-state index contributed by atoms with van der Waals surface area (Å²) in [5.74, 6) is 0.183. The summed E-state index contributed by atoms with van der Waals surface area (Å²) in [7, 11) is 0. The van der Waals surface area contributed by atoms with Crippen LogP contribution < -0.4 is 4.74 Å². The number of hydrogen-bond acceptors (Lipinski definition) is 7. The number of halogens is 1. The van der Waals surface area contributed by atoms with Crippen LogP contribution in [0.25, 0.3) is 0 Å². The van der Waals surface area contributed by atoms with Crippen LogP contribution in [0.15, 0.2) is 82.6 Å². The fraction of sp³-hybridized carbons (Fsp3) is 0.394. The smallest absolute Gasteiger partial charge is 0.410 e. The third-order valence-corrected chi connectivity index (χ3v) is 6.96. The molecule has 0 radical (unpaired) electrons. The lowest BCUT2D eigenvalue weighted by Gasteiger charge is -2.29. The second-order valence-corrected chi connectivity index (χ2v) is 13.4. The summed E-state index contributed by atoms with van der Waals surface area (Å²) in [5.41, 5.74) is 0.488. The van der Waals surface area contributed by atoms with Crippen molar-refractivity contribution in [3.05, 3.63) is 88.9 Å². The van der Waals surface area contributed by atoms with Crippen LogP contribution in [0.3, 0.4) is 0 Å². The van der Waals surface area contributed by atoms with Crippen LogP contribution in [0.4, 0.5) is 4.79 Å². The molecule has 3 rings (SSSR count). The van der Waals surface area contributed by atoms with Crippen molar-refractivity contribution in [1.82, 2.24) is 4.90 Å². The average molecular weight is 614 g/mol. The van der Waals surface area contributed by atoms with E-state index in [1.54, 1.807) is 36.0 Å². The first-order valence-electron chi connectivity index (χ1n) is 13.8. The predicted molar refractivity (Wildman–Crippen MR) is 166 cm³/mol. The first kappa shape index (κ1) is 33.3. The number of nitrogens with zero attached hydrogens (tertiary/aromatic N) is 1. The van der Waals surface area contributed by atoms with Gasteiger partial charge in [0.1, 0.15) is 17.0 Å². The Morgan fingerprint density at radius 1 is 0.881 bits per heavy atom. The Labute approximate surface area is 258 Å². The number of amides is 1. The Balaban J connectivity index is 1.56. The van der Waals surface area contributed by atoms with Crippen LogP contribution in [0.2, 0.25) is 5.02 Å². The number of ether oxygens (including phenoxy) is 3. The predicted octanol–water partition coefficient (Wildman–Crippen LogP) is 7.72. The normalized spacial score (nSPS) is 12.4. The van der Waals surface area contributed by atoms with Gasteiger partial charge in [-0.1, -0.05) is 47.6 Å². The van der Waals surface area contributed by atoms with Gasteiger partial charge in [-0.2, -0.15) is 0 Å². The van der Waals surface area contributed by atoms with Gasteiger partial charge in [-0.05, 0) is 108 Å². The Morgan fingerprint density at radius 2 is 1.48 bits per heavy atom. The van der Waals surface area contributed by atoms with Gasteiger partial charge in [0, 0.05) is 21.4 Å². The summed E-state index contributed by atoms with van der Waals surface area (Å²) in [6, 6.07) is 22.6. The van der Waals surface area contributed by atoms with Crippen molar-refractivity contribution in [3.63, 3.8) is 0 Å². The van der Waals surface area contributed by atoms with Gasteiger partial charge in [-0.25, -0.2) is 9.59 Å². The lowest BCUT2D eigenvalue weighted by atomic mass is 10.1. The molecule has 0 fully saturated rings. The molecule has 1 amide bonds. The fourth-order valence-electron chi connectivity index (χ4n) is 3.85. The van der Waals surface area contributed by atoms with Crippen LogP contribution in [0.5, 0.6) is 5.75 Å². The van der Waals surface area contributed by atoms with Crippen LogP contribution in [0.1, 0.15) is 58.8 Å². The van der Waals surface area contributed by atoms with Crippen molar-refractivity contribution in [1.29, 1.82) is 0 Å². The quantitative estimate of drug-likeness (QED) is 0.222. The van der Waals surface area contributed by atoms with E-state index in [0.29, 0.717) is 29.3 Å². The molecule has 3 aromatic carbocycles. The van der Waals surface area contributed by atoms with Gasteiger partial charge in [0.15, 0.2) is 6.61 Å². The minimum atomic E-state index is -0.899. The van der Waals surface area contributed by atoms with Crippen molar-refractivity contribution in [2.24, 2.45) is 0 Å². The maximum atomic E-state index is 13.0. The Hall–Kier alpha value is -3.20. The van der Waals surface area contributed by atoms with E-state index in [1.807, 2.05) is 90.1 Å². The standard InChI is InChI=1S/C33H40ClNO6S/c1-32(2,3)40-30(37)22-39-26-12-16-28(17-13-26)42-27-14-10-23(11-15-27)18-19-35(31(38)41-33(4,5)6)21-29(36)24-8-7-9-25(34)20-24/h7-17,20,29,36H,18-19,21-22H2,1-6H3/t29-/m0/s1. The highest BCUT2D eigenvalue weighted by Gasteiger charge is 2.25. The minimum Gasteiger partial charge on any atom is -0.482 e. The molecule has 0 saturated carbocycles. The molecule has 3 aromatic rings. The van der Waals surface area contributed by atoms with E-state index < -0.39 is 29.4 Å². The van der Waals surface area contributed by atoms with Crippen molar-refractivity contribution in [3.8, 4) is 5.75 Å². The molecule has 1 N–H and O–H groups in total. The van der Waals surface area contributed by atoms with Crippen molar-refractivity contribution < 1.29 is 28.9 Å². The Kier molecular flexibility index (Phi) is 11.7. The molecule has 0 aliphatic rings. The number of carbonyl (C=O) groups excluding carboxylic acids is 2. The maximum Gasteiger partial charge on any atom is 0.410 e. The van der Waals surface area contributed by atoms with Gasteiger partial charge < -0.3 is 24.2 Å². The molecule has 0 aliphatic heterocycles. The number of hydrogen-bond donors (Lipinski definition) is 1. The highest BCUT2D eigenvalue weighted by Crippen LogP contribution is 2.29. The van der Waals surface area contributed by atoms with Gasteiger partial charge in [0.25, 0.3) is 0 Å². The lowest BCUT2D eigenvalue weighted by Crippen LogP contribution is -2.40. The summed E-state index contributed by atoms with van der Waals surface area (Å²) in [4.78, 5) is 28.4. The van der Waals surface area contributed by atoms with E-state index in [4.69, 9.17) is 25.8 Å². The topological polar surface area (TPSA) is 85.3 Å². The van der Waals surface area contributed by atoms with Crippen molar-refractivity contribution in [2.75, 3.05) is 19.7 Å². The molecule has 7 nitrogen and oxygen atoms in total. The summed E-state index contributed by atoms with van der Waals surface area (Å²) in [6.45, 7) is 11.2. The van der Waals surface area contributed by atoms with Gasteiger partial charge >= 0.3 is 12.1 Å². The maximum absolute atomic E-state index is 13.0. The zero-order chi connectivity index (χ0) is 30.9. The van der Waals surface area contributed by atoms with E-state index in [2.05, 4.69) is 0 Å². The van der Waals surface area contributed by atoms with Crippen molar-refractivity contribution >= 4 is 35.4 Å². The number of benzene rings is 3. The molecule has 0 aliphatic carbocycles. The first-order valence-corrected chi connectivity index (χ1v) is 15.0. The van der Waals surface area contributed by atoms with Crippen LogP contribution in [-0.2, 0) is 20.7 Å². The number of esters is 1. The molecule has 0 spiro atoms. The molecule has 1 atom stereocenters. The highest BCUT2D eigenvalue weighted by atomic mass is 35.5. The van der Waals surface area contributed by atoms with E-state index in [-0.39, 0.29) is 13.2 Å². The average Bonchev–Trinajstić information content (AvgIpc) is 2.89. The molecular formula is C33H40ClNO6S. The zero-order valence-electron chi connectivity index (χ0n) is 25.1. The molecule has 226 valence electrons. The first-order chi connectivity index (χ1) is 19.7. The van der Waals surface area contributed by atoms with Gasteiger partial charge in [-0.3, -0.25) is 0 Å². The molecule has 0 unspecified atom stereocenters. The summed E-state index contributed by atoms with van der Waals surface area (Å²) in [5, 5.41) is 11.3. The number of aliphatic hydroxyl groups excluding tert-OH is 1. The molecule has 9 heteroatoms. The zero-order valence-corrected chi connectivity index (χ0v) is 26.6. The van der Waals surface area contributed by atoms with Crippen molar-refractivity contribution in [2.45, 2.75) is 75.1 Å². The van der Waals surface area contributed by atoms with E-state index in [9.17, 15) is 14.7 Å². The molecule has 0 saturated heterocycles. The number of carbonyl (C=O) groups is 2. The second-order valence-electron chi connectivity index (χ2n) is 11.8. The molecule has 0 heterocycles. The largest absolute Gasteiger partial charge is 0.482 e. The van der Waals surface area contributed by atoms with Gasteiger partial charge in [-0.15, -0.1) is 0 Å². The van der Waals surface area contributed by atoms with Crippen LogP contribution >= 0.6 is 23.4 Å². The van der Waals surface area contributed by atoms with E-state index >= 15 is 0 Å². The lowest BCUT2D eigenvalue weighted by molar-refractivity contribution is -0.157. The number of aliphatic hydroxyl groups is 1. The van der Waals surface area contributed by atoms with E-state index in [0.717, 1.165) is 15.4 Å². The summed E-state index contributed by atoms with van der Waals surface area (Å²) >= 11 is 7.69. The van der Waals surface area contributed by atoms with Crippen LogP contribution in [0, 0.1) is 0 Å². The van der Waals surface area contributed by atoms with Gasteiger partial charge in [0.05, 0.1) is 12.6 Å². The molecular weight excluding hydrogens is 574 g/mol. The second kappa shape index (κ2) is 14.8. The molecule has 42 heavy (non-hydrogen) atoms. The molecule has 0 bridgehead atoms. The third-order valence-electron chi connectivity index (χ3n) is 5.71. The van der Waals surface area contributed by atoms with E-state index in [1.165, 1.54) is 4.90 Å². The number of rotatable bonds is 11. The van der Waals surface area contributed by atoms with Gasteiger partial charge in [0.2, 0.25) is 0 Å². The highest BCUT2D eigenvalue weighted by molar-refractivity contribution is 7.99. The Bertz CT molecular complexity index is 1320.